The van der Waals surface area contributed by atoms with E-state index < -0.39 is 11.7 Å². The first kappa shape index (κ1) is 10.5. The number of carbonyl (C=O) groups is 1. The van der Waals surface area contributed by atoms with Crippen molar-refractivity contribution in [2.45, 2.75) is 12.6 Å². The van der Waals surface area contributed by atoms with Crippen LogP contribution in [-0.4, -0.2) is 5.91 Å². The van der Waals surface area contributed by atoms with Gasteiger partial charge < -0.3 is 5.32 Å². The molecular formula is C9H5BrF3NO. The summed E-state index contributed by atoms with van der Waals surface area (Å²) in [5.41, 5.74) is 0.0545. The Labute approximate surface area is 91.6 Å². The van der Waals surface area contributed by atoms with Crippen LogP contribution >= 0.6 is 15.9 Å². The molecule has 15 heavy (non-hydrogen) atoms. The number of nitrogens with one attached hydrogen (secondary N) is 1. The number of hydrogen-bond donors (Lipinski definition) is 1. The zero-order valence-electron chi connectivity index (χ0n) is 7.28. The van der Waals surface area contributed by atoms with Crippen molar-refractivity contribution < 1.29 is 18.0 Å². The van der Waals surface area contributed by atoms with E-state index in [2.05, 4.69) is 21.2 Å². The minimum absolute atomic E-state index is 0.0368. The molecule has 6 heteroatoms. The third-order valence-electron chi connectivity index (χ3n) is 2.12. The van der Waals surface area contributed by atoms with Crippen LogP contribution in [0.25, 0.3) is 0 Å². The maximum atomic E-state index is 12.5. The van der Waals surface area contributed by atoms with Crippen molar-refractivity contribution in [3.8, 4) is 0 Å². The van der Waals surface area contributed by atoms with E-state index >= 15 is 0 Å². The number of fused-ring (bicyclic) bond motifs is 1. The van der Waals surface area contributed by atoms with Crippen molar-refractivity contribution in [2.75, 3.05) is 5.32 Å². The van der Waals surface area contributed by atoms with Crippen LogP contribution in [0.2, 0.25) is 0 Å². The van der Waals surface area contributed by atoms with Gasteiger partial charge in [-0.15, -0.1) is 0 Å². The van der Waals surface area contributed by atoms with E-state index in [1.807, 2.05) is 0 Å². The van der Waals surface area contributed by atoms with Gasteiger partial charge >= 0.3 is 6.18 Å². The number of rotatable bonds is 0. The maximum absolute atomic E-state index is 12.5. The average molecular weight is 280 g/mol. The van der Waals surface area contributed by atoms with Gasteiger partial charge in [0, 0.05) is 10.2 Å². The zero-order valence-corrected chi connectivity index (χ0v) is 8.87. The molecule has 2 rings (SSSR count). The summed E-state index contributed by atoms with van der Waals surface area (Å²) in [6.07, 6.45) is -4.28. The summed E-state index contributed by atoms with van der Waals surface area (Å²) in [7, 11) is 0. The highest BCUT2D eigenvalue weighted by Crippen LogP contribution is 2.39. The summed E-state index contributed by atoms with van der Waals surface area (Å²) in [6, 6.07) is 2.28. The van der Waals surface area contributed by atoms with Crippen LogP contribution in [0.5, 0.6) is 0 Å². The Hall–Kier alpha value is -1.04. The molecule has 0 aromatic heterocycles. The smallest absolute Gasteiger partial charge is 0.326 e. The lowest BCUT2D eigenvalue weighted by Crippen LogP contribution is -2.07. The van der Waals surface area contributed by atoms with E-state index in [0.29, 0.717) is 5.56 Å². The van der Waals surface area contributed by atoms with Crippen LogP contribution in [0.15, 0.2) is 16.6 Å². The number of anilines is 1. The van der Waals surface area contributed by atoms with Crippen LogP contribution in [0.3, 0.4) is 0 Å². The first-order chi connectivity index (χ1) is 6.88. The van der Waals surface area contributed by atoms with E-state index in [4.69, 9.17) is 0 Å². The van der Waals surface area contributed by atoms with Crippen molar-refractivity contribution in [3.05, 3.63) is 27.7 Å². The highest BCUT2D eigenvalue weighted by molar-refractivity contribution is 9.10. The Morgan fingerprint density at radius 2 is 2.00 bits per heavy atom. The van der Waals surface area contributed by atoms with Gasteiger partial charge in [0.1, 0.15) is 0 Å². The maximum Gasteiger partial charge on any atom is 0.417 e. The molecular weight excluding hydrogens is 275 g/mol. The standard InChI is InChI=1S/C9H5BrF3NO/c10-6-1-4-2-8(15)14-7(4)3-5(6)9(11,12)13/h1,3H,2H2,(H,14,15). The molecule has 0 fully saturated rings. The zero-order chi connectivity index (χ0) is 11.2. The van der Waals surface area contributed by atoms with Crippen molar-refractivity contribution in [3.63, 3.8) is 0 Å². The molecule has 0 bridgehead atoms. The van der Waals surface area contributed by atoms with Gasteiger partial charge in [-0.05, 0) is 17.7 Å². The molecule has 1 amide bonds. The number of halogens is 4. The molecule has 1 heterocycles. The Morgan fingerprint density at radius 3 is 2.60 bits per heavy atom. The molecule has 2 nitrogen and oxygen atoms in total. The van der Waals surface area contributed by atoms with Gasteiger partial charge in [0.2, 0.25) is 5.91 Å². The van der Waals surface area contributed by atoms with Gasteiger partial charge in [0.25, 0.3) is 0 Å². The molecule has 0 aliphatic carbocycles. The van der Waals surface area contributed by atoms with Crippen LogP contribution < -0.4 is 5.32 Å². The molecule has 1 aromatic carbocycles. The lowest BCUT2D eigenvalue weighted by atomic mass is 10.1. The van der Waals surface area contributed by atoms with Crippen LogP contribution in [-0.2, 0) is 17.4 Å². The fourth-order valence-electron chi connectivity index (χ4n) is 1.46. The molecule has 1 N–H and O–H groups in total. The number of carbonyl (C=O) groups excluding carboxylic acids is 1. The van der Waals surface area contributed by atoms with Crippen molar-refractivity contribution >= 4 is 27.5 Å². The summed E-state index contributed by atoms with van der Waals surface area (Å²) in [5, 5.41) is 2.38. The van der Waals surface area contributed by atoms with E-state index in [1.165, 1.54) is 6.07 Å². The highest BCUT2D eigenvalue weighted by Gasteiger charge is 2.35. The second-order valence-electron chi connectivity index (χ2n) is 3.21. The topological polar surface area (TPSA) is 29.1 Å². The summed E-state index contributed by atoms with van der Waals surface area (Å²) in [6.45, 7) is 0. The normalized spacial score (nSPS) is 15.1. The molecule has 0 spiro atoms. The van der Waals surface area contributed by atoms with Crippen molar-refractivity contribution in [2.24, 2.45) is 0 Å². The lowest BCUT2D eigenvalue weighted by Gasteiger charge is -2.10. The predicted octanol–water partition coefficient (Wildman–Crippen LogP) is 2.96. The summed E-state index contributed by atoms with van der Waals surface area (Å²) >= 11 is 2.85. The monoisotopic (exact) mass is 279 g/mol. The summed E-state index contributed by atoms with van der Waals surface area (Å²) < 4.78 is 37.4. The van der Waals surface area contributed by atoms with E-state index in [1.54, 1.807) is 0 Å². The second kappa shape index (κ2) is 3.23. The number of benzene rings is 1. The lowest BCUT2D eigenvalue weighted by molar-refractivity contribution is -0.138. The molecule has 1 aliphatic heterocycles. The predicted molar refractivity (Wildman–Crippen MR) is 51.5 cm³/mol. The van der Waals surface area contributed by atoms with Crippen LogP contribution in [0, 0.1) is 0 Å². The summed E-state index contributed by atoms with van der Waals surface area (Å²) in [5.74, 6) is -0.281. The first-order valence-electron chi connectivity index (χ1n) is 4.07. The first-order valence-corrected chi connectivity index (χ1v) is 4.86. The van der Waals surface area contributed by atoms with Crippen molar-refractivity contribution in [1.82, 2.24) is 0 Å². The van der Waals surface area contributed by atoms with Crippen LogP contribution in [0.1, 0.15) is 11.1 Å². The Morgan fingerprint density at radius 1 is 1.33 bits per heavy atom. The number of hydrogen-bond acceptors (Lipinski definition) is 1. The molecule has 1 aliphatic rings. The molecule has 0 unspecified atom stereocenters. The van der Waals surface area contributed by atoms with Gasteiger partial charge in [-0.25, -0.2) is 0 Å². The fourth-order valence-corrected chi connectivity index (χ4v) is 2.08. The average Bonchev–Trinajstić information content (AvgIpc) is 2.40. The van der Waals surface area contributed by atoms with E-state index in [-0.39, 0.29) is 22.5 Å². The molecule has 1 aromatic rings. The molecule has 0 atom stereocenters. The van der Waals surface area contributed by atoms with Gasteiger partial charge in [-0.2, -0.15) is 13.2 Å². The minimum atomic E-state index is -4.42. The fraction of sp³-hybridized carbons (Fsp3) is 0.222. The highest BCUT2D eigenvalue weighted by atomic mass is 79.9. The molecule has 80 valence electrons. The molecule has 0 saturated carbocycles. The van der Waals surface area contributed by atoms with Crippen LogP contribution in [0.4, 0.5) is 18.9 Å². The number of alkyl halides is 3. The summed E-state index contributed by atoms with van der Waals surface area (Å²) in [4.78, 5) is 11.0. The quantitative estimate of drug-likeness (QED) is 0.777. The Kier molecular flexibility index (Phi) is 2.26. The van der Waals surface area contributed by atoms with Gasteiger partial charge in [0.05, 0.1) is 12.0 Å². The second-order valence-corrected chi connectivity index (χ2v) is 4.07. The third kappa shape index (κ3) is 1.86. The van der Waals surface area contributed by atoms with Gasteiger partial charge in [0.15, 0.2) is 0 Å². The van der Waals surface area contributed by atoms with E-state index in [0.717, 1.165) is 6.07 Å². The Bertz CT molecular complexity index is 442. The number of amides is 1. The third-order valence-corrected chi connectivity index (χ3v) is 2.78. The van der Waals surface area contributed by atoms with E-state index in [9.17, 15) is 18.0 Å². The molecule has 0 saturated heterocycles. The molecule has 0 radical (unpaired) electrons. The van der Waals surface area contributed by atoms with Gasteiger partial charge in [-0.3, -0.25) is 4.79 Å². The SMILES string of the molecule is O=C1Cc2cc(Br)c(C(F)(F)F)cc2N1. The van der Waals surface area contributed by atoms with Gasteiger partial charge in [-0.1, -0.05) is 15.9 Å². The minimum Gasteiger partial charge on any atom is -0.326 e. The van der Waals surface area contributed by atoms with Crippen molar-refractivity contribution in [1.29, 1.82) is 0 Å². The largest absolute Gasteiger partial charge is 0.417 e. The Balaban J connectivity index is 2.54.